The van der Waals surface area contributed by atoms with E-state index in [0.29, 0.717) is 13.1 Å². The van der Waals surface area contributed by atoms with Crippen LogP contribution in [0.1, 0.15) is 27.7 Å². The van der Waals surface area contributed by atoms with Crippen LogP contribution in [0.4, 0.5) is 10.5 Å². The minimum atomic E-state index is -0.442. The summed E-state index contributed by atoms with van der Waals surface area (Å²) in [5.41, 5.74) is 2.08. The van der Waals surface area contributed by atoms with Crippen LogP contribution in [0.15, 0.2) is 30.5 Å². The number of ether oxygens (including phenoxy) is 1. The summed E-state index contributed by atoms with van der Waals surface area (Å²) in [5.74, 6) is 0. The zero-order valence-corrected chi connectivity index (χ0v) is 15.1. The molecule has 0 bridgehead atoms. The van der Waals surface area contributed by atoms with Crippen LogP contribution in [0.5, 0.6) is 0 Å². The fraction of sp³-hybridized carbons (Fsp3) is 0.526. The third-order valence-corrected chi connectivity index (χ3v) is 4.40. The number of nitrogens with zero attached hydrogens (tertiary/aromatic N) is 3. The molecular formula is C19H27N3O2. The van der Waals surface area contributed by atoms with E-state index in [4.69, 9.17) is 4.74 Å². The Morgan fingerprint density at radius 2 is 1.83 bits per heavy atom. The number of fused-ring (bicyclic) bond motifs is 1. The van der Waals surface area contributed by atoms with Gasteiger partial charge in [0.1, 0.15) is 5.60 Å². The molecule has 2 aromatic rings. The smallest absolute Gasteiger partial charge is 0.410 e. The van der Waals surface area contributed by atoms with Crippen molar-refractivity contribution in [2.45, 2.75) is 39.8 Å². The van der Waals surface area contributed by atoms with E-state index in [1.807, 2.05) is 20.8 Å². The fourth-order valence-corrected chi connectivity index (χ4v) is 3.22. The van der Waals surface area contributed by atoms with Gasteiger partial charge in [0.2, 0.25) is 0 Å². The van der Waals surface area contributed by atoms with Gasteiger partial charge in [-0.1, -0.05) is 6.07 Å². The van der Waals surface area contributed by atoms with Crippen LogP contribution >= 0.6 is 0 Å². The monoisotopic (exact) mass is 329 g/mol. The molecule has 1 aliphatic rings. The molecule has 1 aromatic heterocycles. The molecule has 0 unspecified atom stereocenters. The third kappa shape index (κ3) is 3.35. The van der Waals surface area contributed by atoms with Crippen LogP contribution in [0.25, 0.3) is 10.9 Å². The first-order chi connectivity index (χ1) is 11.4. The fourth-order valence-electron chi connectivity index (χ4n) is 3.22. The number of benzene rings is 1. The highest BCUT2D eigenvalue weighted by molar-refractivity contribution is 5.93. The van der Waals surface area contributed by atoms with Crippen LogP contribution in [0, 0.1) is 0 Å². The molecule has 0 spiro atoms. The Morgan fingerprint density at radius 1 is 1.12 bits per heavy atom. The molecule has 2 heterocycles. The number of rotatable bonds is 2. The zero-order chi connectivity index (χ0) is 17.3. The maximum absolute atomic E-state index is 12.2. The summed E-state index contributed by atoms with van der Waals surface area (Å²) in [7, 11) is 0. The van der Waals surface area contributed by atoms with Crippen molar-refractivity contribution in [3.63, 3.8) is 0 Å². The number of anilines is 1. The van der Waals surface area contributed by atoms with Crippen LogP contribution in [-0.2, 0) is 11.3 Å². The lowest BCUT2D eigenvalue weighted by molar-refractivity contribution is 0.0241. The molecule has 1 saturated heterocycles. The molecule has 1 aromatic carbocycles. The molecule has 130 valence electrons. The molecule has 0 radical (unpaired) electrons. The lowest BCUT2D eigenvalue weighted by atomic mass is 10.1. The van der Waals surface area contributed by atoms with Gasteiger partial charge in [0.05, 0.1) is 5.52 Å². The van der Waals surface area contributed by atoms with E-state index in [1.165, 1.54) is 16.6 Å². The van der Waals surface area contributed by atoms with Crippen LogP contribution in [-0.4, -0.2) is 47.3 Å². The van der Waals surface area contributed by atoms with Gasteiger partial charge in [-0.2, -0.15) is 0 Å². The molecule has 0 N–H and O–H groups in total. The maximum atomic E-state index is 12.2. The predicted octanol–water partition coefficient (Wildman–Crippen LogP) is 3.72. The van der Waals surface area contributed by atoms with Crippen molar-refractivity contribution >= 4 is 22.7 Å². The predicted molar refractivity (Wildman–Crippen MR) is 97.6 cm³/mol. The van der Waals surface area contributed by atoms with E-state index in [-0.39, 0.29) is 6.09 Å². The van der Waals surface area contributed by atoms with Gasteiger partial charge in [0.15, 0.2) is 0 Å². The first kappa shape index (κ1) is 16.7. The average molecular weight is 329 g/mol. The second-order valence-corrected chi connectivity index (χ2v) is 7.27. The van der Waals surface area contributed by atoms with Gasteiger partial charge in [-0.25, -0.2) is 4.79 Å². The highest BCUT2D eigenvalue weighted by Gasteiger charge is 2.26. The molecular weight excluding hydrogens is 302 g/mol. The summed E-state index contributed by atoms with van der Waals surface area (Å²) in [6, 6.07) is 8.64. The number of hydrogen-bond acceptors (Lipinski definition) is 3. The van der Waals surface area contributed by atoms with Gasteiger partial charge >= 0.3 is 6.09 Å². The zero-order valence-electron chi connectivity index (χ0n) is 15.1. The van der Waals surface area contributed by atoms with Gasteiger partial charge in [-0.3, -0.25) is 0 Å². The van der Waals surface area contributed by atoms with Crippen molar-refractivity contribution in [1.82, 2.24) is 9.47 Å². The first-order valence-electron chi connectivity index (χ1n) is 8.70. The number of hydrogen-bond donors (Lipinski definition) is 0. The maximum Gasteiger partial charge on any atom is 0.410 e. The molecule has 1 amide bonds. The Kier molecular flexibility index (Phi) is 4.43. The van der Waals surface area contributed by atoms with Crippen molar-refractivity contribution in [2.24, 2.45) is 0 Å². The summed E-state index contributed by atoms with van der Waals surface area (Å²) in [6.07, 6.45) is 1.93. The second kappa shape index (κ2) is 6.38. The van der Waals surface area contributed by atoms with Crippen molar-refractivity contribution in [2.75, 3.05) is 31.1 Å². The summed E-state index contributed by atoms with van der Waals surface area (Å²) < 4.78 is 7.73. The molecule has 3 rings (SSSR count). The minimum absolute atomic E-state index is 0.211. The van der Waals surface area contributed by atoms with Crippen LogP contribution in [0.3, 0.4) is 0 Å². The second-order valence-electron chi connectivity index (χ2n) is 7.27. The topological polar surface area (TPSA) is 37.7 Å². The number of piperazine rings is 1. The van der Waals surface area contributed by atoms with E-state index in [9.17, 15) is 4.79 Å². The quantitative estimate of drug-likeness (QED) is 0.843. The van der Waals surface area contributed by atoms with Gasteiger partial charge in [0.25, 0.3) is 0 Å². The van der Waals surface area contributed by atoms with Gasteiger partial charge < -0.3 is 19.1 Å². The van der Waals surface area contributed by atoms with E-state index in [1.54, 1.807) is 4.90 Å². The lowest BCUT2D eigenvalue weighted by Crippen LogP contribution is -2.50. The Labute approximate surface area is 143 Å². The van der Waals surface area contributed by atoms with E-state index in [0.717, 1.165) is 19.6 Å². The van der Waals surface area contributed by atoms with Crippen LogP contribution < -0.4 is 4.90 Å². The summed E-state index contributed by atoms with van der Waals surface area (Å²) >= 11 is 0. The van der Waals surface area contributed by atoms with E-state index >= 15 is 0 Å². The highest BCUT2D eigenvalue weighted by atomic mass is 16.6. The summed E-state index contributed by atoms with van der Waals surface area (Å²) in [5, 5.41) is 1.28. The van der Waals surface area contributed by atoms with Gasteiger partial charge in [-0.15, -0.1) is 0 Å². The molecule has 1 aliphatic heterocycles. The summed E-state index contributed by atoms with van der Waals surface area (Å²) in [6.45, 7) is 11.9. The van der Waals surface area contributed by atoms with Crippen molar-refractivity contribution in [3.8, 4) is 0 Å². The molecule has 0 atom stereocenters. The van der Waals surface area contributed by atoms with Gasteiger partial charge in [0, 0.05) is 50.0 Å². The Balaban J connectivity index is 1.71. The number of aryl methyl sites for hydroxylation is 1. The van der Waals surface area contributed by atoms with Crippen LogP contribution in [0.2, 0.25) is 0 Å². The van der Waals surface area contributed by atoms with Crippen molar-refractivity contribution in [1.29, 1.82) is 0 Å². The number of carbonyl (C=O) groups excluding carboxylic acids is 1. The Hall–Kier alpha value is -2.17. The molecule has 5 nitrogen and oxygen atoms in total. The molecule has 0 aliphatic carbocycles. The molecule has 0 saturated carbocycles. The summed E-state index contributed by atoms with van der Waals surface area (Å²) in [4.78, 5) is 16.4. The Bertz CT molecular complexity index is 722. The average Bonchev–Trinajstić information content (AvgIpc) is 2.96. The standard InChI is InChI=1S/C19H27N3O2/c1-5-20-10-9-15-16(20)7-6-8-17(15)21-11-13-22(14-12-21)18(23)24-19(2,3)4/h6-10H,5,11-14H2,1-4H3. The lowest BCUT2D eigenvalue weighted by Gasteiger charge is -2.37. The number of carbonyl (C=O) groups is 1. The first-order valence-corrected chi connectivity index (χ1v) is 8.70. The van der Waals surface area contributed by atoms with E-state index in [2.05, 4.69) is 46.9 Å². The minimum Gasteiger partial charge on any atom is -0.444 e. The largest absolute Gasteiger partial charge is 0.444 e. The van der Waals surface area contributed by atoms with Crippen molar-refractivity contribution in [3.05, 3.63) is 30.5 Å². The molecule has 24 heavy (non-hydrogen) atoms. The number of aromatic nitrogens is 1. The number of amides is 1. The normalized spacial score (nSPS) is 15.8. The van der Waals surface area contributed by atoms with E-state index < -0.39 is 5.60 Å². The Morgan fingerprint density at radius 3 is 2.46 bits per heavy atom. The SMILES string of the molecule is CCn1ccc2c(N3CCN(C(=O)OC(C)(C)C)CC3)cccc21. The highest BCUT2D eigenvalue weighted by Crippen LogP contribution is 2.28. The third-order valence-electron chi connectivity index (χ3n) is 4.40. The molecule has 1 fully saturated rings. The van der Waals surface area contributed by atoms with Gasteiger partial charge in [-0.05, 0) is 45.9 Å². The van der Waals surface area contributed by atoms with Crippen molar-refractivity contribution < 1.29 is 9.53 Å². The molecule has 5 heteroatoms.